The van der Waals surface area contributed by atoms with Crippen LogP contribution in [0.2, 0.25) is 5.02 Å². The van der Waals surface area contributed by atoms with Crippen LogP contribution in [0.25, 0.3) is 0 Å². The Bertz CT molecular complexity index is 965. The molecule has 2 aliphatic carbocycles. The Morgan fingerprint density at radius 3 is 1.97 bits per heavy atom. The highest BCUT2D eigenvalue weighted by molar-refractivity contribution is 6.32. The minimum Gasteiger partial charge on any atom is -0.490 e. The van der Waals surface area contributed by atoms with E-state index in [9.17, 15) is 19.8 Å². The van der Waals surface area contributed by atoms with Crippen LogP contribution in [0.1, 0.15) is 71.8 Å². The Labute approximate surface area is 213 Å². The first-order valence-corrected chi connectivity index (χ1v) is 12.6. The second-order valence-corrected chi connectivity index (χ2v) is 11.9. The number of benzene rings is 1. The van der Waals surface area contributed by atoms with Gasteiger partial charge in [-0.2, -0.15) is 0 Å². The first-order chi connectivity index (χ1) is 16.3. The number of carbonyl (C=O) groups excluding carboxylic acids is 2. The van der Waals surface area contributed by atoms with Gasteiger partial charge in [-0.3, -0.25) is 9.59 Å². The molecule has 6 nitrogen and oxygen atoms in total. The van der Waals surface area contributed by atoms with E-state index in [1.54, 1.807) is 12.1 Å². The van der Waals surface area contributed by atoms with E-state index in [-0.39, 0.29) is 52.6 Å². The van der Waals surface area contributed by atoms with Crippen LogP contribution in [0, 0.1) is 35.0 Å². The number of halogens is 1. The van der Waals surface area contributed by atoms with E-state index in [1.807, 2.05) is 34.6 Å². The van der Waals surface area contributed by atoms with Crippen LogP contribution in [0.5, 0.6) is 11.5 Å². The van der Waals surface area contributed by atoms with Gasteiger partial charge in [0.05, 0.1) is 35.7 Å². The lowest BCUT2D eigenvalue weighted by Gasteiger charge is -2.46. The summed E-state index contributed by atoms with van der Waals surface area (Å²) in [7, 11) is 0. The molecule has 2 N–H and O–H groups in total. The molecule has 1 aromatic rings. The molecule has 3 rings (SSSR count). The van der Waals surface area contributed by atoms with Crippen molar-refractivity contribution in [1.82, 2.24) is 0 Å². The van der Waals surface area contributed by atoms with Crippen molar-refractivity contribution >= 4 is 23.2 Å². The number of aliphatic hydroxyl groups excluding tert-OH is 2. The number of carbonyl (C=O) groups is 2. The van der Waals surface area contributed by atoms with Crippen molar-refractivity contribution in [3.63, 3.8) is 0 Å². The van der Waals surface area contributed by atoms with Crippen LogP contribution in [0.3, 0.4) is 0 Å². The number of Topliss-reactive ketones (excluding diaryl/α,β-unsaturated/α-hetero) is 2. The molecule has 0 aliphatic heterocycles. The SMILES string of the molecule is C#CCOc1c(Cl)cc(C([C@H]2C(=O)CC(C)(C)C[C@@H]2O)[C@@H]2C(=O)CC(C)(C)C[C@@H]2O)cc1OCC. The standard InChI is InChI=1S/C28H37ClO6/c1-7-9-35-26-17(29)10-16(11-22(26)34-8-2)23(24-18(30)12-27(3,4)13-19(24)31)25-20(32)14-28(5,6)15-21(25)33/h1,10-11,18,20,23-25,30,32H,8-9,12-15H2,2-6H3/t18-,20-,23?,24-,25+/m0/s1. The summed E-state index contributed by atoms with van der Waals surface area (Å²) >= 11 is 6.60. The highest BCUT2D eigenvalue weighted by Crippen LogP contribution is 2.51. The van der Waals surface area contributed by atoms with Crippen molar-refractivity contribution in [2.45, 2.75) is 78.4 Å². The second-order valence-electron chi connectivity index (χ2n) is 11.5. The molecule has 5 atom stereocenters. The van der Waals surface area contributed by atoms with Gasteiger partial charge in [-0.15, -0.1) is 6.42 Å². The molecule has 0 radical (unpaired) electrons. The lowest BCUT2D eigenvalue weighted by Crippen LogP contribution is -2.51. The summed E-state index contributed by atoms with van der Waals surface area (Å²) in [5.41, 5.74) is -0.147. The van der Waals surface area contributed by atoms with Crippen molar-refractivity contribution in [3.05, 3.63) is 22.7 Å². The first kappa shape index (κ1) is 27.5. The Hall–Kier alpha value is -2.07. The van der Waals surface area contributed by atoms with Crippen LogP contribution in [-0.2, 0) is 9.59 Å². The van der Waals surface area contributed by atoms with Crippen LogP contribution in [0.4, 0.5) is 0 Å². The third kappa shape index (κ3) is 6.02. The maximum atomic E-state index is 13.5. The number of hydrogen-bond acceptors (Lipinski definition) is 6. The number of ether oxygens (including phenoxy) is 2. The molecule has 0 aromatic heterocycles. The van der Waals surface area contributed by atoms with Gasteiger partial charge >= 0.3 is 0 Å². The summed E-state index contributed by atoms with van der Waals surface area (Å²) in [6, 6.07) is 3.34. The maximum absolute atomic E-state index is 13.5. The van der Waals surface area contributed by atoms with Crippen molar-refractivity contribution < 1.29 is 29.3 Å². The third-order valence-electron chi connectivity index (χ3n) is 7.19. The summed E-state index contributed by atoms with van der Waals surface area (Å²) in [6.07, 6.45) is 4.81. The molecule has 0 heterocycles. The second kappa shape index (κ2) is 10.5. The molecular formula is C28H37ClO6. The largest absolute Gasteiger partial charge is 0.490 e. The molecule has 2 saturated carbocycles. The number of rotatable bonds is 7. The Kier molecular flexibility index (Phi) is 8.26. The fourth-order valence-corrected chi connectivity index (χ4v) is 6.23. The predicted molar refractivity (Wildman–Crippen MR) is 135 cm³/mol. The zero-order chi connectivity index (χ0) is 26.1. The van der Waals surface area contributed by atoms with Gasteiger partial charge in [0.25, 0.3) is 0 Å². The van der Waals surface area contributed by atoms with Crippen molar-refractivity contribution in [2.75, 3.05) is 13.2 Å². The van der Waals surface area contributed by atoms with Gasteiger partial charge < -0.3 is 19.7 Å². The van der Waals surface area contributed by atoms with E-state index in [4.69, 9.17) is 27.5 Å². The van der Waals surface area contributed by atoms with Crippen molar-refractivity contribution in [1.29, 1.82) is 0 Å². The van der Waals surface area contributed by atoms with Gasteiger partial charge in [-0.25, -0.2) is 0 Å². The van der Waals surface area contributed by atoms with E-state index in [0.717, 1.165) is 0 Å². The smallest absolute Gasteiger partial charge is 0.181 e. The summed E-state index contributed by atoms with van der Waals surface area (Å²) in [5.74, 6) is 0.318. The quantitative estimate of drug-likeness (QED) is 0.528. The predicted octanol–water partition coefficient (Wildman–Crippen LogP) is 4.57. The molecule has 0 saturated heterocycles. The van der Waals surface area contributed by atoms with Gasteiger partial charge in [0.1, 0.15) is 18.2 Å². The first-order valence-electron chi connectivity index (χ1n) is 12.2. The zero-order valence-electron chi connectivity index (χ0n) is 21.3. The fraction of sp³-hybridized carbons (Fsp3) is 0.643. The lowest BCUT2D eigenvalue weighted by molar-refractivity contribution is -0.144. The monoisotopic (exact) mass is 504 g/mol. The van der Waals surface area contributed by atoms with Crippen LogP contribution >= 0.6 is 11.6 Å². The normalized spacial score (nSPS) is 28.8. The van der Waals surface area contributed by atoms with E-state index in [1.165, 1.54) is 0 Å². The molecule has 7 heteroatoms. The van der Waals surface area contributed by atoms with Gasteiger partial charge in [0.15, 0.2) is 11.5 Å². The zero-order valence-corrected chi connectivity index (χ0v) is 22.0. The van der Waals surface area contributed by atoms with Crippen LogP contribution in [0.15, 0.2) is 12.1 Å². The Morgan fingerprint density at radius 1 is 1.03 bits per heavy atom. The molecule has 1 unspecified atom stereocenters. The summed E-state index contributed by atoms with van der Waals surface area (Å²) in [4.78, 5) is 26.9. The molecule has 0 spiro atoms. The van der Waals surface area contributed by atoms with Gasteiger partial charge in [-0.1, -0.05) is 45.2 Å². The fourth-order valence-electron chi connectivity index (χ4n) is 5.95. The van der Waals surface area contributed by atoms with Crippen LogP contribution < -0.4 is 9.47 Å². The molecule has 2 fully saturated rings. The highest BCUT2D eigenvalue weighted by Gasteiger charge is 2.52. The maximum Gasteiger partial charge on any atom is 0.181 e. The van der Waals surface area contributed by atoms with Gasteiger partial charge in [0, 0.05) is 18.8 Å². The molecule has 192 valence electrons. The molecular weight excluding hydrogens is 468 g/mol. The highest BCUT2D eigenvalue weighted by atomic mass is 35.5. The molecule has 0 amide bonds. The van der Waals surface area contributed by atoms with Crippen molar-refractivity contribution in [3.8, 4) is 23.8 Å². The van der Waals surface area contributed by atoms with E-state index >= 15 is 0 Å². The summed E-state index contributed by atoms with van der Waals surface area (Å²) < 4.78 is 11.4. The van der Waals surface area contributed by atoms with Gasteiger partial charge in [0.2, 0.25) is 0 Å². The van der Waals surface area contributed by atoms with E-state index < -0.39 is 30.0 Å². The Balaban J connectivity index is 2.16. The van der Waals surface area contributed by atoms with Crippen molar-refractivity contribution in [2.24, 2.45) is 22.7 Å². The minimum atomic E-state index is -0.960. The number of terminal acetylenes is 1. The average molecular weight is 505 g/mol. The lowest BCUT2D eigenvalue weighted by atomic mass is 9.58. The number of hydrogen-bond donors (Lipinski definition) is 2. The Morgan fingerprint density at radius 2 is 1.54 bits per heavy atom. The number of aliphatic hydroxyl groups is 2. The molecule has 0 bridgehead atoms. The topological polar surface area (TPSA) is 93.1 Å². The molecule has 2 aliphatic rings. The average Bonchev–Trinajstić information content (AvgIpc) is 2.69. The van der Waals surface area contributed by atoms with E-state index in [0.29, 0.717) is 30.8 Å². The summed E-state index contributed by atoms with van der Waals surface area (Å²) in [5, 5.41) is 22.6. The molecule has 35 heavy (non-hydrogen) atoms. The number of ketones is 2. The van der Waals surface area contributed by atoms with E-state index in [2.05, 4.69) is 5.92 Å². The van der Waals surface area contributed by atoms with Crippen LogP contribution in [-0.4, -0.2) is 47.2 Å². The van der Waals surface area contributed by atoms with Gasteiger partial charge in [-0.05, 0) is 48.3 Å². The summed E-state index contributed by atoms with van der Waals surface area (Å²) in [6.45, 7) is 9.93. The third-order valence-corrected chi connectivity index (χ3v) is 7.47. The minimum absolute atomic E-state index is 0.00755. The molecule has 1 aromatic carbocycles.